The Kier molecular flexibility index (Phi) is 6.46. The van der Waals surface area contributed by atoms with Crippen molar-refractivity contribution in [1.82, 2.24) is 15.0 Å². The van der Waals surface area contributed by atoms with E-state index in [0.29, 0.717) is 31.0 Å². The van der Waals surface area contributed by atoms with Gasteiger partial charge in [-0.2, -0.15) is 0 Å². The average Bonchev–Trinajstić information content (AvgIpc) is 3.14. The highest BCUT2D eigenvalue weighted by Crippen LogP contribution is 2.31. The zero-order chi connectivity index (χ0) is 22.7. The summed E-state index contributed by atoms with van der Waals surface area (Å²) in [5.74, 6) is 2.23. The fourth-order valence-corrected chi connectivity index (χ4v) is 4.10. The molecule has 168 valence electrons. The second-order valence-electron chi connectivity index (χ2n) is 8.11. The number of aryl methyl sites for hydroxylation is 2. The summed E-state index contributed by atoms with van der Waals surface area (Å²) in [5.41, 5.74) is 3.45. The molecule has 32 heavy (non-hydrogen) atoms. The van der Waals surface area contributed by atoms with Crippen LogP contribution in [-0.2, 0) is 6.61 Å². The number of nitrogens with zero attached hydrogens (tertiary/aromatic N) is 3. The number of benzene rings is 2. The van der Waals surface area contributed by atoms with Crippen LogP contribution >= 0.6 is 0 Å². The minimum Gasteiger partial charge on any atom is -0.496 e. The van der Waals surface area contributed by atoms with Crippen molar-refractivity contribution in [2.45, 2.75) is 26.5 Å². The van der Waals surface area contributed by atoms with Gasteiger partial charge in [0, 0.05) is 30.8 Å². The number of piperazine rings is 1. The molecule has 1 aromatic heterocycles. The van der Waals surface area contributed by atoms with Crippen LogP contribution in [-0.4, -0.2) is 54.7 Å². The maximum absolute atomic E-state index is 13.3. The van der Waals surface area contributed by atoms with Gasteiger partial charge in [-0.3, -0.25) is 9.69 Å². The van der Waals surface area contributed by atoms with E-state index in [1.54, 1.807) is 13.2 Å². The standard InChI is InChI=1S/C25H29N3O4/c1-17-22(18(2)32-26-17)16-31-20-9-7-8-19(14-20)25(29)28-13-12-27(3)23(15-28)21-10-5-6-11-24(21)30-4/h5-11,14,23H,12-13,15-16H2,1-4H3/t23-/m0/s1. The molecule has 1 atom stereocenters. The normalized spacial score (nSPS) is 16.8. The van der Waals surface area contributed by atoms with Crippen molar-refractivity contribution in [2.75, 3.05) is 33.8 Å². The number of amides is 1. The minimum absolute atomic E-state index is 0.000729. The van der Waals surface area contributed by atoms with Crippen molar-refractivity contribution in [3.8, 4) is 11.5 Å². The number of hydrogen-bond acceptors (Lipinski definition) is 6. The average molecular weight is 436 g/mol. The molecule has 4 rings (SSSR count). The predicted octanol–water partition coefficient (Wildman–Crippen LogP) is 4.01. The number of ether oxygens (including phenoxy) is 2. The molecule has 0 bridgehead atoms. The topological polar surface area (TPSA) is 68.0 Å². The number of para-hydroxylation sites is 1. The molecule has 1 aliphatic rings. The fraction of sp³-hybridized carbons (Fsp3) is 0.360. The van der Waals surface area contributed by atoms with Crippen LogP contribution in [0.2, 0.25) is 0 Å². The van der Waals surface area contributed by atoms with Gasteiger partial charge in [0.05, 0.1) is 24.4 Å². The molecular formula is C25H29N3O4. The van der Waals surface area contributed by atoms with Crippen LogP contribution in [0.3, 0.4) is 0 Å². The summed E-state index contributed by atoms with van der Waals surface area (Å²) in [6, 6.07) is 15.4. The quantitative estimate of drug-likeness (QED) is 0.583. The summed E-state index contributed by atoms with van der Waals surface area (Å²) in [6.45, 7) is 6.16. The monoisotopic (exact) mass is 435 g/mol. The van der Waals surface area contributed by atoms with E-state index in [9.17, 15) is 4.79 Å². The number of carbonyl (C=O) groups excluding carboxylic acids is 1. The third kappa shape index (κ3) is 4.48. The number of rotatable bonds is 6. The first-order valence-corrected chi connectivity index (χ1v) is 10.7. The highest BCUT2D eigenvalue weighted by molar-refractivity contribution is 5.94. The van der Waals surface area contributed by atoms with Crippen LogP contribution in [0.15, 0.2) is 53.1 Å². The maximum atomic E-state index is 13.3. The molecule has 3 aromatic rings. The lowest BCUT2D eigenvalue weighted by Crippen LogP contribution is -2.49. The molecule has 1 amide bonds. The van der Waals surface area contributed by atoms with Crippen molar-refractivity contribution in [3.63, 3.8) is 0 Å². The molecule has 0 radical (unpaired) electrons. The van der Waals surface area contributed by atoms with E-state index in [1.165, 1.54) is 0 Å². The van der Waals surface area contributed by atoms with Gasteiger partial charge in [0.1, 0.15) is 23.9 Å². The van der Waals surface area contributed by atoms with E-state index in [2.05, 4.69) is 23.2 Å². The third-order valence-corrected chi connectivity index (χ3v) is 6.08. The lowest BCUT2D eigenvalue weighted by molar-refractivity contribution is 0.0542. The summed E-state index contributed by atoms with van der Waals surface area (Å²) in [6.07, 6.45) is 0. The molecule has 0 unspecified atom stereocenters. The zero-order valence-electron chi connectivity index (χ0n) is 19.0. The summed E-state index contributed by atoms with van der Waals surface area (Å²) in [5, 5.41) is 3.96. The Labute approximate surface area is 188 Å². The van der Waals surface area contributed by atoms with Crippen LogP contribution < -0.4 is 9.47 Å². The van der Waals surface area contributed by atoms with E-state index >= 15 is 0 Å². The molecule has 2 aromatic carbocycles. The molecule has 0 N–H and O–H groups in total. The van der Waals surface area contributed by atoms with Crippen LogP contribution in [0.5, 0.6) is 11.5 Å². The highest BCUT2D eigenvalue weighted by atomic mass is 16.5. The van der Waals surface area contributed by atoms with E-state index in [1.807, 2.05) is 55.1 Å². The van der Waals surface area contributed by atoms with Crippen LogP contribution in [0, 0.1) is 13.8 Å². The Bertz CT molecular complexity index is 1070. The highest BCUT2D eigenvalue weighted by Gasteiger charge is 2.30. The van der Waals surface area contributed by atoms with E-state index < -0.39 is 0 Å². The van der Waals surface area contributed by atoms with Crippen molar-refractivity contribution in [3.05, 3.63) is 76.7 Å². The number of carbonyl (C=O) groups is 1. The molecule has 7 nitrogen and oxygen atoms in total. The van der Waals surface area contributed by atoms with E-state index in [4.69, 9.17) is 14.0 Å². The Morgan fingerprint density at radius 1 is 1.16 bits per heavy atom. The van der Waals surface area contributed by atoms with Crippen molar-refractivity contribution in [2.24, 2.45) is 0 Å². The van der Waals surface area contributed by atoms with Crippen LogP contribution in [0.25, 0.3) is 0 Å². The molecule has 1 fully saturated rings. The lowest BCUT2D eigenvalue weighted by Gasteiger charge is -2.40. The molecule has 1 aliphatic heterocycles. The Morgan fingerprint density at radius 2 is 1.97 bits per heavy atom. The lowest BCUT2D eigenvalue weighted by atomic mass is 10.0. The fourth-order valence-electron chi connectivity index (χ4n) is 4.10. The minimum atomic E-state index is 0.000729. The summed E-state index contributed by atoms with van der Waals surface area (Å²) in [4.78, 5) is 17.5. The molecule has 0 aliphatic carbocycles. The number of likely N-dealkylation sites (N-methyl/N-ethyl adjacent to an activating group) is 1. The van der Waals surface area contributed by atoms with E-state index in [-0.39, 0.29) is 11.9 Å². The van der Waals surface area contributed by atoms with Crippen molar-refractivity contribution >= 4 is 5.91 Å². The van der Waals surface area contributed by atoms with Gasteiger partial charge in [0.2, 0.25) is 0 Å². The Morgan fingerprint density at radius 3 is 2.72 bits per heavy atom. The van der Waals surface area contributed by atoms with Gasteiger partial charge in [0.25, 0.3) is 5.91 Å². The van der Waals surface area contributed by atoms with Crippen molar-refractivity contribution < 1.29 is 18.8 Å². The SMILES string of the molecule is COc1ccccc1[C@@H]1CN(C(=O)c2cccc(OCc3c(C)noc3C)c2)CCN1C. The summed E-state index contributed by atoms with van der Waals surface area (Å²) in [7, 11) is 3.76. The Hall–Kier alpha value is -3.32. The first kappa shape index (κ1) is 21.9. The number of aromatic nitrogens is 1. The van der Waals surface area contributed by atoms with Crippen LogP contribution in [0.1, 0.15) is 39.0 Å². The zero-order valence-corrected chi connectivity index (χ0v) is 19.0. The summed E-state index contributed by atoms with van der Waals surface area (Å²) >= 11 is 0. The molecule has 7 heteroatoms. The largest absolute Gasteiger partial charge is 0.496 e. The Balaban J connectivity index is 1.48. The maximum Gasteiger partial charge on any atom is 0.254 e. The molecule has 1 saturated heterocycles. The van der Waals surface area contributed by atoms with Gasteiger partial charge in [0.15, 0.2) is 0 Å². The molecule has 0 spiro atoms. The first-order valence-electron chi connectivity index (χ1n) is 10.7. The molecular weight excluding hydrogens is 406 g/mol. The van der Waals surface area contributed by atoms with Crippen LogP contribution in [0.4, 0.5) is 0 Å². The van der Waals surface area contributed by atoms with Gasteiger partial charge < -0.3 is 18.9 Å². The van der Waals surface area contributed by atoms with Gasteiger partial charge in [-0.1, -0.05) is 29.4 Å². The van der Waals surface area contributed by atoms with Gasteiger partial charge >= 0.3 is 0 Å². The second kappa shape index (κ2) is 9.44. The molecule has 2 heterocycles. The predicted molar refractivity (Wildman–Crippen MR) is 121 cm³/mol. The molecule has 0 saturated carbocycles. The van der Waals surface area contributed by atoms with Gasteiger partial charge in [-0.05, 0) is 45.2 Å². The first-order chi connectivity index (χ1) is 15.5. The van der Waals surface area contributed by atoms with Gasteiger partial charge in [-0.15, -0.1) is 0 Å². The summed E-state index contributed by atoms with van der Waals surface area (Å²) < 4.78 is 16.7. The third-order valence-electron chi connectivity index (χ3n) is 6.08. The second-order valence-corrected chi connectivity index (χ2v) is 8.11. The van der Waals surface area contributed by atoms with Gasteiger partial charge in [-0.25, -0.2) is 0 Å². The smallest absolute Gasteiger partial charge is 0.254 e. The van der Waals surface area contributed by atoms with E-state index in [0.717, 1.165) is 34.9 Å². The van der Waals surface area contributed by atoms with Crippen molar-refractivity contribution in [1.29, 1.82) is 0 Å². The number of methoxy groups -OCH3 is 1. The number of hydrogen-bond donors (Lipinski definition) is 0.